The molecule has 4 heteroatoms. The molecular formula is C15H21NO2S. The first-order valence-corrected chi connectivity index (χ1v) is 7.58. The minimum absolute atomic E-state index is 0.192. The molecule has 19 heavy (non-hydrogen) atoms. The molecule has 104 valence electrons. The lowest BCUT2D eigenvalue weighted by Crippen LogP contribution is -2.16. The molecule has 0 saturated carbocycles. The number of carbonyl (C=O) groups is 1. The Labute approximate surface area is 119 Å². The quantitative estimate of drug-likeness (QED) is 0.414. The predicted molar refractivity (Wildman–Crippen MR) is 80.0 cm³/mol. The molecule has 0 saturated heterocycles. The van der Waals surface area contributed by atoms with E-state index in [1.54, 1.807) is 12.3 Å². The van der Waals surface area contributed by atoms with E-state index < -0.39 is 0 Å². The maximum atomic E-state index is 11.8. The molecule has 0 bridgehead atoms. The summed E-state index contributed by atoms with van der Waals surface area (Å²) in [4.78, 5) is 16.1. The van der Waals surface area contributed by atoms with Crippen LogP contribution >= 0.6 is 11.8 Å². The Kier molecular flexibility index (Phi) is 7.26. The highest BCUT2D eigenvalue weighted by atomic mass is 32.2. The Balaban J connectivity index is 2.60. The molecule has 1 aromatic heterocycles. The first-order valence-electron chi connectivity index (χ1n) is 6.42. The standard InChI is InChI=1S/C15H21NO2S/c1-4-9-19-11-15(17)18-14(10-12(2)3)13-7-5-6-8-16-13/h4-8,12,14H,1,9-11H2,2-3H3/t14-/m0/s1. The zero-order valence-corrected chi connectivity index (χ0v) is 12.4. The maximum absolute atomic E-state index is 11.8. The lowest BCUT2D eigenvalue weighted by atomic mass is 10.0. The number of carbonyl (C=O) groups excluding carboxylic acids is 1. The molecule has 0 radical (unpaired) electrons. The van der Waals surface area contributed by atoms with Crippen LogP contribution in [0.3, 0.4) is 0 Å². The summed E-state index contributed by atoms with van der Waals surface area (Å²) in [7, 11) is 0. The summed E-state index contributed by atoms with van der Waals surface area (Å²) in [5.41, 5.74) is 0.818. The van der Waals surface area contributed by atoms with E-state index >= 15 is 0 Å². The van der Waals surface area contributed by atoms with Crippen LogP contribution in [0.2, 0.25) is 0 Å². The molecule has 0 fully saturated rings. The molecule has 0 amide bonds. The Morgan fingerprint density at radius 1 is 1.53 bits per heavy atom. The molecule has 3 nitrogen and oxygen atoms in total. The summed E-state index contributed by atoms with van der Waals surface area (Å²) in [6.45, 7) is 7.84. The fourth-order valence-electron chi connectivity index (χ4n) is 1.64. The van der Waals surface area contributed by atoms with Crippen molar-refractivity contribution in [2.75, 3.05) is 11.5 Å². The molecule has 1 heterocycles. The van der Waals surface area contributed by atoms with Crippen LogP contribution in [-0.4, -0.2) is 22.5 Å². The van der Waals surface area contributed by atoms with Crippen LogP contribution in [0.15, 0.2) is 37.1 Å². The minimum atomic E-state index is -0.252. The van der Waals surface area contributed by atoms with Gasteiger partial charge in [-0.3, -0.25) is 9.78 Å². The molecule has 0 aliphatic rings. The van der Waals surface area contributed by atoms with Crippen LogP contribution in [0, 0.1) is 5.92 Å². The minimum Gasteiger partial charge on any atom is -0.455 e. The topological polar surface area (TPSA) is 39.2 Å². The van der Waals surface area contributed by atoms with Crippen LogP contribution in [0.5, 0.6) is 0 Å². The number of rotatable bonds is 8. The van der Waals surface area contributed by atoms with Gasteiger partial charge in [-0.1, -0.05) is 26.0 Å². The highest BCUT2D eigenvalue weighted by Gasteiger charge is 2.19. The van der Waals surface area contributed by atoms with Crippen molar-refractivity contribution in [2.24, 2.45) is 5.92 Å². The average Bonchev–Trinajstić information content (AvgIpc) is 2.39. The second-order valence-electron chi connectivity index (χ2n) is 4.67. The Hall–Kier alpha value is -1.29. The fraction of sp³-hybridized carbons (Fsp3) is 0.467. The van der Waals surface area contributed by atoms with Gasteiger partial charge < -0.3 is 4.74 Å². The molecule has 0 N–H and O–H groups in total. The van der Waals surface area contributed by atoms with Crippen molar-refractivity contribution in [1.29, 1.82) is 0 Å². The first-order chi connectivity index (χ1) is 9.13. The molecule has 0 spiro atoms. The van der Waals surface area contributed by atoms with Crippen LogP contribution in [0.25, 0.3) is 0 Å². The van der Waals surface area contributed by atoms with Crippen molar-refractivity contribution >= 4 is 17.7 Å². The summed E-state index contributed by atoms with van der Waals surface area (Å²) in [6, 6.07) is 5.67. The van der Waals surface area contributed by atoms with Gasteiger partial charge in [0, 0.05) is 11.9 Å². The lowest BCUT2D eigenvalue weighted by Gasteiger charge is -2.19. The van der Waals surface area contributed by atoms with Gasteiger partial charge in [0.25, 0.3) is 0 Å². The Morgan fingerprint density at radius 3 is 2.89 bits per heavy atom. The number of esters is 1. The zero-order chi connectivity index (χ0) is 14.1. The second kappa shape index (κ2) is 8.75. The van der Waals surface area contributed by atoms with Gasteiger partial charge in [0.2, 0.25) is 0 Å². The van der Waals surface area contributed by atoms with Crippen molar-refractivity contribution in [2.45, 2.75) is 26.4 Å². The third kappa shape index (κ3) is 6.43. The number of ether oxygens (including phenoxy) is 1. The van der Waals surface area contributed by atoms with E-state index in [4.69, 9.17) is 4.74 Å². The highest BCUT2D eigenvalue weighted by Crippen LogP contribution is 2.24. The molecule has 0 aliphatic heterocycles. The maximum Gasteiger partial charge on any atom is 0.316 e. The third-order valence-corrected chi connectivity index (χ3v) is 3.34. The number of nitrogens with zero attached hydrogens (tertiary/aromatic N) is 1. The van der Waals surface area contributed by atoms with Crippen molar-refractivity contribution < 1.29 is 9.53 Å². The predicted octanol–water partition coefficient (Wildman–Crippen LogP) is 3.63. The molecule has 1 rings (SSSR count). The second-order valence-corrected chi connectivity index (χ2v) is 5.70. The van der Waals surface area contributed by atoms with Crippen molar-refractivity contribution in [1.82, 2.24) is 4.98 Å². The van der Waals surface area contributed by atoms with Crippen molar-refractivity contribution in [3.8, 4) is 0 Å². The third-order valence-electron chi connectivity index (χ3n) is 2.43. The first kappa shape index (κ1) is 15.8. The molecule has 0 unspecified atom stereocenters. The van der Waals surface area contributed by atoms with Crippen LogP contribution in [0.1, 0.15) is 32.1 Å². The van der Waals surface area contributed by atoms with Crippen LogP contribution in [0.4, 0.5) is 0 Å². The molecule has 1 atom stereocenters. The van der Waals surface area contributed by atoms with E-state index in [-0.39, 0.29) is 12.1 Å². The van der Waals surface area contributed by atoms with Gasteiger partial charge >= 0.3 is 5.97 Å². The average molecular weight is 279 g/mol. The zero-order valence-electron chi connectivity index (χ0n) is 11.5. The van der Waals surface area contributed by atoms with Crippen molar-refractivity contribution in [3.05, 3.63) is 42.7 Å². The van der Waals surface area contributed by atoms with E-state index in [1.807, 2.05) is 18.2 Å². The summed E-state index contributed by atoms with van der Waals surface area (Å²) in [5.74, 6) is 1.37. The van der Waals surface area contributed by atoms with E-state index in [0.717, 1.165) is 17.9 Å². The monoisotopic (exact) mass is 279 g/mol. The van der Waals surface area contributed by atoms with E-state index in [9.17, 15) is 4.79 Å². The smallest absolute Gasteiger partial charge is 0.316 e. The van der Waals surface area contributed by atoms with Crippen molar-refractivity contribution in [3.63, 3.8) is 0 Å². The highest BCUT2D eigenvalue weighted by molar-refractivity contribution is 8.00. The molecular weight excluding hydrogens is 258 g/mol. The van der Waals surface area contributed by atoms with Gasteiger partial charge in [0.15, 0.2) is 0 Å². The van der Waals surface area contributed by atoms with E-state index in [0.29, 0.717) is 11.7 Å². The van der Waals surface area contributed by atoms with E-state index in [2.05, 4.69) is 25.4 Å². The fourth-order valence-corrected chi connectivity index (χ4v) is 2.16. The molecule has 0 aliphatic carbocycles. The number of thioether (sulfide) groups is 1. The van der Waals surface area contributed by atoms with Gasteiger partial charge in [-0.25, -0.2) is 0 Å². The number of hydrogen-bond donors (Lipinski definition) is 0. The Morgan fingerprint density at radius 2 is 2.32 bits per heavy atom. The Bertz CT molecular complexity index is 392. The summed E-state index contributed by atoms with van der Waals surface area (Å²) in [5, 5.41) is 0. The van der Waals surface area contributed by atoms with Gasteiger partial charge in [-0.05, 0) is 24.5 Å². The van der Waals surface area contributed by atoms with Gasteiger partial charge in [0.1, 0.15) is 6.10 Å². The number of pyridine rings is 1. The van der Waals surface area contributed by atoms with Crippen LogP contribution in [-0.2, 0) is 9.53 Å². The summed E-state index contributed by atoms with van der Waals surface area (Å²) >= 11 is 1.50. The summed E-state index contributed by atoms with van der Waals surface area (Å²) < 4.78 is 5.54. The van der Waals surface area contributed by atoms with E-state index in [1.165, 1.54) is 11.8 Å². The molecule has 1 aromatic rings. The van der Waals surface area contributed by atoms with Gasteiger partial charge in [-0.2, -0.15) is 0 Å². The number of aromatic nitrogens is 1. The van der Waals surface area contributed by atoms with Crippen LogP contribution < -0.4 is 0 Å². The normalized spacial score (nSPS) is 12.2. The van der Waals surface area contributed by atoms with Gasteiger partial charge in [-0.15, -0.1) is 18.3 Å². The summed E-state index contributed by atoms with van der Waals surface area (Å²) in [6.07, 6.45) is 4.04. The molecule has 0 aromatic carbocycles. The lowest BCUT2D eigenvalue weighted by molar-refractivity contribution is -0.147. The largest absolute Gasteiger partial charge is 0.455 e. The SMILES string of the molecule is C=CCSCC(=O)O[C@@H](CC(C)C)c1ccccn1. The van der Waals surface area contributed by atoms with Gasteiger partial charge in [0.05, 0.1) is 11.4 Å². The number of hydrogen-bond acceptors (Lipinski definition) is 4.